The van der Waals surface area contributed by atoms with Crippen LogP contribution in [0.5, 0.6) is 0 Å². The van der Waals surface area contributed by atoms with Gasteiger partial charge in [0, 0.05) is 19.0 Å². The standard InChI is InChI=1S/C3H5Cl2FN2OS/c1-8(2(7)9)10-3(4,5)6/h1H3,(H2,7,9). The summed E-state index contributed by atoms with van der Waals surface area (Å²) in [5, 5.41) is 0. The van der Waals surface area contributed by atoms with Gasteiger partial charge in [-0.3, -0.25) is 4.31 Å². The molecule has 0 spiro atoms. The first kappa shape index (κ1) is 10.1. The van der Waals surface area contributed by atoms with E-state index in [1.54, 1.807) is 0 Å². The van der Waals surface area contributed by atoms with E-state index in [9.17, 15) is 9.18 Å². The Morgan fingerprint density at radius 2 is 2.20 bits per heavy atom. The summed E-state index contributed by atoms with van der Waals surface area (Å²) in [5.74, 6) is 0. The van der Waals surface area contributed by atoms with E-state index in [0.29, 0.717) is 0 Å². The van der Waals surface area contributed by atoms with E-state index < -0.39 is 9.95 Å². The molecule has 0 aromatic heterocycles. The van der Waals surface area contributed by atoms with Crippen molar-refractivity contribution in [2.45, 2.75) is 3.92 Å². The second-order valence-electron chi connectivity index (χ2n) is 1.37. The summed E-state index contributed by atoms with van der Waals surface area (Å²) in [6, 6.07) is -0.812. The molecule has 2 amide bonds. The predicted molar refractivity (Wildman–Crippen MR) is 40.5 cm³/mol. The number of halogens is 3. The lowest BCUT2D eigenvalue weighted by Gasteiger charge is -2.15. The van der Waals surface area contributed by atoms with Crippen LogP contribution >= 0.6 is 35.1 Å². The highest BCUT2D eigenvalue weighted by atomic mass is 35.5. The molecule has 0 aliphatic heterocycles. The number of nitrogens with zero attached hydrogens (tertiary/aromatic N) is 1. The predicted octanol–water partition coefficient (Wildman–Crippen LogP) is 1.70. The Labute approximate surface area is 71.8 Å². The molecule has 0 aromatic carbocycles. The summed E-state index contributed by atoms with van der Waals surface area (Å²) in [4.78, 5) is 10.2. The normalized spacial score (nSPS) is 11.2. The Morgan fingerprint density at radius 3 is 2.30 bits per heavy atom. The van der Waals surface area contributed by atoms with Gasteiger partial charge < -0.3 is 5.73 Å². The average Bonchev–Trinajstić information content (AvgIpc) is 1.60. The quantitative estimate of drug-likeness (QED) is 0.553. The van der Waals surface area contributed by atoms with Gasteiger partial charge in [0.2, 0.25) is 0 Å². The molecule has 3 nitrogen and oxygen atoms in total. The van der Waals surface area contributed by atoms with E-state index in [-0.39, 0.29) is 11.9 Å². The highest BCUT2D eigenvalue weighted by Crippen LogP contribution is 2.37. The third kappa shape index (κ3) is 4.96. The molecule has 0 aliphatic rings. The van der Waals surface area contributed by atoms with Gasteiger partial charge in [-0.15, -0.1) is 0 Å². The van der Waals surface area contributed by atoms with Gasteiger partial charge in [-0.2, -0.15) is 4.39 Å². The molecule has 0 aromatic rings. The van der Waals surface area contributed by atoms with Crippen LogP contribution in [0.4, 0.5) is 9.18 Å². The summed E-state index contributed by atoms with van der Waals surface area (Å²) in [6.45, 7) is 0. The van der Waals surface area contributed by atoms with Crippen molar-refractivity contribution in [3.05, 3.63) is 0 Å². The van der Waals surface area contributed by atoms with Gasteiger partial charge in [-0.05, 0) is 0 Å². The Bertz CT molecular complexity index is 139. The summed E-state index contributed by atoms with van der Waals surface area (Å²) in [6.07, 6.45) is 0. The fourth-order valence-corrected chi connectivity index (χ4v) is 1.22. The van der Waals surface area contributed by atoms with E-state index in [4.69, 9.17) is 28.9 Å². The number of rotatable bonds is 2. The summed E-state index contributed by atoms with van der Waals surface area (Å²) in [7, 11) is 1.26. The van der Waals surface area contributed by atoms with Crippen molar-refractivity contribution in [1.82, 2.24) is 4.31 Å². The van der Waals surface area contributed by atoms with E-state index in [1.165, 1.54) is 7.05 Å². The second kappa shape index (κ2) is 3.50. The lowest BCUT2D eigenvalue weighted by Crippen LogP contribution is -2.28. The first-order valence-corrected chi connectivity index (χ1v) is 3.65. The fourth-order valence-electron chi connectivity index (χ4n) is 0.200. The SMILES string of the molecule is CN(SC(F)(Cl)Cl)C(N)=O. The van der Waals surface area contributed by atoms with Crippen LogP contribution in [-0.4, -0.2) is 21.3 Å². The lowest BCUT2D eigenvalue weighted by atomic mass is 11.0. The molecule has 0 radical (unpaired) electrons. The van der Waals surface area contributed by atoms with Crippen molar-refractivity contribution in [3.8, 4) is 0 Å². The molecule has 2 N–H and O–H groups in total. The van der Waals surface area contributed by atoms with Crippen LogP contribution < -0.4 is 5.73 Å². The third-order valence-electron chi connectivity index (χ3n) is 0.551. The molecule has 0 bridgehead atoms. The second-order valence-corrected chi connectivity index (χ2v) is 4.35. The number of nitrogens with two attached hydrogens (primary N) is 1. The Hall–Kier alpha value is 0.130. The fraction of sp³-hybridized carbons (Fsp3) is 0.667. The van der Waals surface area contributed by atoms with E-state index >= 15 is 0 Å². The van der Waals surface area contributed by atoms with Crippen molar-refractivity contribution >= 4 is 41.2 Å². The number of primary amides is 1. The number of carbonyl (C=O) groups is 1. The van der Waals surface area contributed by atoms with Crippen LogP contribution in [0.25, 0.3) is 0 Å². The zero-order valence-corrected chi connectivity index (χ0v) is 7.30. The van der Waals surface area contributed by atoms with Gasteiger partial charge in [-0.25, -0.2) is 4.79 Å². The van der Waals surface area contributed by atoms with Crippen LogP contribution in [0.1, 0.15) is 0 Å². The highest BCUT2D eigenvalue weighted by Gasteiger charge is 2.27. The van der Waals surface area contributed by atoms with E-state index in [1.807, 2.05) is 0 Å². The van der Waals surface area contributed by atoms with Gasteiger partial charge in [0.1, 0.15) is 0 Å². The van der Waals surface area contributed by atoms with Crippen molar-refractivity contribution in [1.29, 1.82) is 0 Å². The zero-order chi connectivity index (χ0) is 8.36. The Kier molecular flexibility index (Phi) is 3.55. The van der Waals surface area contributed by atoms with Gasteiger partial charge in [0.05, 0.1) is 0 Å². The molecule has 0 saturated heterocycles. The number of amides is 2. The number of urea groups is 1. The molecular formula is C3H5Cl2FN2OS. The first-order valence-electron chi connectivity index (χ1n) is 2.12. The van der Waals surface area contributed by atoms with Gasteiger partial charge in [-0.1, -0.05) is 23.2 Å². The van der Waals surface area contributed by atoms with Crippen molar-refractivity contribution < 1.29 is 9.18 Å². The molecule has 60 valence electrons. The molecule has 10 heavy (non-hydrogen) atoms. The molecular weight excluding hydrogens is 202 g/mol. The minimum atomic E-state index is -2.51. The minimum Gasteiger partial charge on any atom is -0.351 e. The highest BCUT2D eigenvalue weighted by molar-refractivity contribution is 8.01. The van der Waals surface area contributed by atoms with Crippen LogP contribution in [0.2, 0.25) is 0 Å². The summed E-state index contributed by atoms with van der Waals surface area (Å²) in [5.41, 5.74) is 4.73. The summed E-state index contributed by atoms with van der Waals surface area (Å²) >= 11 is 10.1. The average molecular weight is 207 g/mol. The molecule has 0 unspecified atom stereocenters. The smallest absolute Gasteiger partial charge is 0.324 e. The monoisotopic (exact) mass is 206 g/mol. The van der Waals surface area contributed by atoms with Gasteiger partial charge in [0.25, 0.3) is 0 Å². The zero-order valence-electron chi connectivity index (χ0n) is 4.97. The van der Waals surface area contributed by atoms with Gasteiger partial charge >= 0.3 is 9.95 Å². The van der Waals surface area contributed by atoms with Crippen LogP contribution in [0, 0.1) is 0 Å². The number of hydrogen-bond donors (Lipinski definition) is 1. The van der Waals surface area contributed by atoms with Crippen molar-refractivity contribution in [2.24, 2.45) is 5.73 Å². The summed E-state index contributed by atoms with van der Waals surface area (Å²) < 4.78 is 10.5. The topological polar surface area (TPSA) is 46.3 Å². The number of alkyl halides is 3. The maximum Gasteiger partial charge on any atom is 0.324 e. The van der Waals surface area contributed by atoms with Crippen molar-refractivity contribution in [3.63, 3.8) is 0 Å². The molecule has 0 fully saturated rings. The van der Waals surface area contributed by atoms with Crippen LogP contribution in [-0.2, 0) is 0 Å². The maximum absolute atomic E-state index is 12.2. The number of hydrogen-bond acceptors (Lipinski definition) is 2. The Balaban J connectivity index is 3.80. The largest absolute Gasteiger partial charge is 0.351 e. The van der Waals surface area contributed by atoms with Crippen LogP contribution in [0.3, 0.4) is 0 Å². The number of carbonyl (C=O) groups excluding carboxylic acids is 1. The Morgan fingerprint density at radius 1 is 1.80 bits per heavy atom. The molecule has 7 heteroatoms. The van der Waals surface area contributed by atoms with E-state index in [0.717, 1.165) is 4.31 Å². The molecule has 0 aliphatic carbocycles. The molecule has 0 rings (SSSR count). The first-order chi connectivity index (χ1) is 4.33. The lowest BCUT2D eigenvalue weighted by molar-refractivity contribution is 0.239. The van der Waals surface area contributed by atoms with Crippen molar-refractivity contribution in [2.75, 3.05) is 7.05 Å². The minimum absolute atomic E-state index is 0.288. The molecule has 0 heterocycles. The van der Waals surface area contributed by atoms with E-state index in [2.05, 4.69) is 0 Å². The molecule has 0 atom stereocenters. The third-order valence-corrected chi connectivity index (χ3v) is 1.63. The molecule has 0 saturated carbocycles. The van der Waals surface area contributed by atoms with Crippen LogP contribution in [0.15, 0.2) is 0 Å². The maximum atomic E-state index is 12.2. The van der Waals surface area contributed by atoms with Gasteiger partial charge in [0.15, 0.2) is 0 Å².